The summed E-state index contributed by atoms with van der Waals surface area (Å²) in [6, 6.07) is 15.7. The lowest BCUT2D eigenvalue weighted by Crippen LogP contribution is -2.35. The van der Waals surface area contributed by atoms with Gasteiger partial charge in [-0.3, -0.25) is 14.6 Å². The number of hydrogen-bond donors (Lipinski definition) is 2. The van der Waals surface area contributed by atoms with Gasteiger partial charge in [-0.15, -0.1) is 0 Å². The Labute approximate surface area is 265 Å². The monoisotopic (exact) mass is 632 g/mol. The first kappa shape index (κ1) is 30.6. The molecule has 0 unspecified atom stereocenters. The molecule has 11 heteroatoms. The molecule has 1 aromatic heterocycles. The number of hydrogen-bond acceptors (Lipinski definition) is 7. The maximum atomic E-state index is 13.2. The molecule has 1 saturated carbocycles. The van der Waals surface area contributed by atoms with E-state index in [-0.39, 0.29) is 5.02 Å². The van der Waals surface area contributed by atoms with Gasteiger partial charge in [0, 0.05) is 29.0 Å². The highest BCUT2D eigenvalue weighted by Crippen LogP contribution is 2.48. The van der Waals surface area contributed by atoms with Crippen molar-refractivity contribution in [3.05, 3.63) is 77.7 Å². The maximum Gasteiger partial charge on any atom is 0.240 e. The molecule has 1 saturated heterocycles. The van der Waals surface area contributed by atoms with Gasteiger partial charge in [0.25, 0.3) is 0 Å². The van der Waals surface area contributed by atoms with E-state index >= 15 is 0 Å². The molecular formula is C34H34ClFN4O5. The Morgan fingerprint density at radius 2 is 1.62 bits per heavy atom. The number of nitrogens with zero attached hydrogens (tertiary/aromatic N) is 2. The number of benzene rings is 3. The number of anilines is 2. The second-order valence-electron chi connectivity index (χ2n) is 11.6. The molecule has 0 radical (unpaired) electrons. The van der Waals surface area contributed by atoms with Gasteiger partial charge in [0.1, 0.15) is 22.7 Å². The Balaban J connectivity index is 1.13. The highest BCUT2D eigenvalue weighted by Gasteiger charge is 2.56. The lowest BCUT2D eigenvalue weighted by atomic mass is 9.98. The van der Waals surface area contributed by atoms with E-state index in [1.807, 2.05) is 12.1 Å². The largest absolute Gasteiger partial charge is 0.493 e. The van der Waals surface area contributed by atoms with Crippen LogP contribution in [0, 0.1) is 17.2 Å². The number of fused-ring (bicyclic) bond motifs is 1. The second kappa shape index (κ2) is 12.9. The summed E-state index contributed by atoms with van der Waals surface area (Å²) >= 11 is 6.58. The third-order valence-electron chi connectivity index (χ3n) is 8.43. The number of halogens is 2. The van der Waals surface area contributed by atoms with Crippen molar-refractivity contribution in [2.45, 2.75) is 25.7 Å². The van der Waals surface area contributed by atoms with Gasteiger partial charge < -0.3 is 29.7 Å². The van der Waals surface area contributed by atoms with Crippen LogP contribution in [0.1, 0.15) is 25.7 Å². The number of amides is 2. The van der Waals surface area contributed by atoms with Gasteiger partial charge in [-0.1, -0.05) is 11.6 Å². The van der Waals surface area contributed by atoms with E-state index < -0.39 is 23.0 Å². The van der Waals surface area contributed by atoms with Crippen molar-refractivity contribution in [1.29, 1.82) is 0 Å². The number of rotatable bonds is 10. The van der Waals surface area contributed by atoms with Crippen molar-refractivity contribution in [2.24, 2.45) is 11.3 Å². The lowest BCUT2D eigenvalue weighted by molar-refractivity contribution is -0.131. The molecule has 234 valence electrons. The molecule has 3 aromatic carbocycles. The molecule has 2 aliphatic rings. The van der Waals surface area contributed by atoms with Crippen LogP contribution in [0.4, 0.5) is 15.8 Å². The number of carbonyl (C=O) groups is 2. The van der Waals surface area contributed by atoms with E-state index in [1.165, 1.54) is 24.3 Å². The summed E-state index contributed by atoms with van der Waals surface area (Å²) < 4.78 is 31.3. The van der Waals surface area contributed by atoms with Crippen LogP contribution < -0.4 is 24.8 Å². The number of piperidine rings is 1. The molecule has 1 aliphatic carbocycles. The normalized spacial score (nSPS) is 16.2. The van der Waals surface area contributed by atoms with Crippen LogP contribution in [0.3, 0.4) is 0 Å². The van der Waals surface area contributed by atoms with Gasteiger partial charge in [-0.2, -0.15) is 0 Å². The fourth-order valence-electron chi connectivity index (χ4n) is 5.42. The molecule has 1 aliphatic heterocycles. The summed E-state index contributed by atoms with van der Waals surface area (Å²) in [7, 11) is 3.74. The smallest absolute Gasteiger partial charge is 0.240 e. The molecule has 0 spiro atoms. The number of methoxy groups -OCH3 is 1. The molecule has 0 atom stereocenters. The minimum atomic E-state index is -1.19. The fourth-order valence-corrected chi connectivity index (χ4v) is 5.64. The first-order chi connectivity index (χ1) is 21.7. The quantitative estimate of drug-likeness (QED) is 0.183. The number of carbonyl (C=O) groups excluding carboxylic acids is 2. The van der Waals surface area contributed by atoms with Gasteiger partial charge in [0.2, 0.25) is 11.8 Å². The highest BCUT2D eigenvalue weighted by molar-refractivity contribution is 6.32. The number of likely N-dealkylation sites (tertiary alicyclic amines) is 1. The molecular weight excluding hydrogens is 599 g/mol. The van der Waals surface area contributed by atoms with Crippen LogP contribution in [-0.2, 0) is 9.59 Å². The van der Waals surface area contributed by atoms with Crippen LogP contribution >= 0.6 is 11.6 Å². The van der Waals surface area contributed by atoms with Crippen molar-refractivity contribution in [2.75, 3.05) is 44.5 Å². The van der Waals surface area contributed by atoms with Crippen molar-refractivity contribution in [1.82, 2.24) is 9.88 Å². The van der Waals surface area contributed by atoms with Gasteiger partial charge >= 0.3 is 0 Å². The van der Waals surface area contributed by atoms with E-state index in [0.717, 1.165) is 31.3 Å². The fraction of sp³-hybridized carbons (Fsp3) is 0.324. The third kappa shape index (κ3) is 6.82. The molecule has 2 amide bonds. The maximum absolute atomic E-state index is 13.2. The van der Waals surface area contributed by atoms with Crippen molar-refractivity contribution in [3.8, 4) is 23.0 Å². The highest BCUT2D eigenvalue weighted by atomic mass is 35.5. The van der Waals surface area contributed by atoms with E-state index in [4.69, 9.17) is 25.8 Å². The summed E-state index contributed by atoms with van der Waals surface area (Å²) in [4.78, 5) is 32.9. The second-order valence-corrected chi connectivity index (χ2v) is 12.0. The Morgan fingerprint density at radius 1 is 0.933 bits per heavy atom. The van der Waals surface area contributed by atoms with Crippen LogP contribution in [-0.4, -0.2) is 55.6 Å². The zero-order valence-electron chi connectivity index (χ0n) is 25.1. The molecule has 2 heterocycles. The minimum absolute atomic E-state index is 0.267. The van der Waals surface area contributed by atoms with E-state index in [2.05, 4.69) is 27.6 Å². The van der Waals surface area contributed by atoms with Crippen LogP contribution in [0.25, 0.3) is 10.9 Å². The predicted octanol–water partition coefficient (Wildman–Crippen LogP) is 6.91. The molecule has 9 nitrogen and oxygen atoms in total. The van der Waals surface area contributed by atoms with Gasteiger partial charge in [0.15, 0.2) is 11.5 Å². The molecule has 0 bridgehead atoms. The first-order valence-electron chi connectivity index (χ1n) is 14.9. The Hall–Kier alpha value is -4.41. The molecule has 45 heavy (non-hydrogen) atoms. The van der Waals surface area contributed by atoms with E-state index in [9.17, 15) is 14.0 Å². The van der Waals surface area contributed by atoms with E-state index in [0.29, 0.717) is 65.3 Å². The summed E-state index contributed by atoms with van der Waals surface area (Å²) in [5.74, 6) is 1.31. The Morgan fingerprint density at radius 3 is 2.29 bits per heavy atom. The molecule has 6 rings (SSSR count). The van der Waals surface area contributed by atoms with Gasteiger partial charge in [-0.25, -0.2) is 4.39 Å². The van der Waals surface area contributed by atoms with Crippen LogP contribution in [0.2, 0.25) is 5.02 Å². The molecule has 2 N–H and O–H groups in total. The average Bonchev–Trinajstić information content (AvgIpc) is 3.85. The minimum Gasteiger partial charge on any atom is -0.493 e. The lowest BCUT2D eigenvalue weighted by Gasteiger charge is -2.28. The van der Waals surface area contributed by atoms with Gasteiger partial charge in [-0.05, 0) is 106 Å². The van der Waals surface area contributed by atoms with Crippen molar-refractivity contribution < 1.29 is 28.2 Å². The first-order valence-corrected chi connectivity index (χ1v) is 15.3. The SMILES string of the molecule is COc1cc2c(Oc3ccc(NC(=O)C4(C(=O)Nc5ccc(F)cc5)CC4)cc3Cl)ccnc2cc1OCC1CCN(C)CC1. The number of ether oxygens (including phenoxy) is 3. The average molecular weight is 633 g/mol. The zero-order valence-corrected chi connectivity index (χ0v) is 25.8. The molecule has 2 fully saturated rings. The summed E-state index contributed by atoms with van der Waals surface area (Å²) in [6.45, 7) is 2.75. The standard InChI is InChI=1S/C34H34ClFN4O5/c1-40-15-10-21(11-16-40)20-44-31-19-27-25(18-30(31)43-2)28(9-14-37-27)45-29-8-7-24(17-26(29)35)39-33(42)34(12-13-34)32(41)38-23-5-3-22(36)4-6-23/h3-9,14,17-19,21H,10-13,15-16,20H2,1-2H3,(H,38,41)(H,39,42). The zero-order chi connectivity index (χ0) is 31.6. The van der Waals surface area contributed by atoms with E-state index in [1.54, 1.807) is 37.6 Å². The number of aromatic nitrogens is 1. The topological polar surface area (TPSA) is 102 Å². The number of pyridine rings is 1. The predicted molar refractivity (Wildman–Crippen MR) is 171 cm³/mol. The van der Waals surface area contributed by atoms with Crippen molar-refractivity contribution >= 4 is 45.7 Å². The summed E-state index contributed by atoms with van der Waals surface area (Å²) in [5.41, 5.74) is 0.328. The third-order valence-corrected chi connectivity index (χ3v) is 8.73. The Bertz CT molecular complexity index is 1720. The summed E-state index contributed by atoms with van der Waals surface area (Å²) in [5, 5.41) is 6.49. The van der Waals surface area contributed by atoms with Crippen LogP contribution in [0.15, 0.2) is 66.9 Å². The number of nitrogens with one attached hydrogen (secondary N) is 2. The Kier molecular flexibility index (Phi) is 8.78. The molecule has 4 aromatic rings. The van der Waals surface area contributed by atoms with Gasteiger partial charge in [0.05, 0.1) is 24.3 Å². The van der Waals surface area contributed by atoms with Crippen LogP contribution in [0.5, 0.6) is 23.0 Å². The van der Waals surface area contributed by atoms with Crippen molar-refractivity contribution in [3.63, 3.8) is 0 Å². The summed E-state index contributed by atoms with van der Waals surface area (Å²) in [6.07, 6.45) is 4.66.